The number of hydrogen-bond donors (Lipinski definition) is 2. The zero-order valence-corrected chi connectivity index (χ0v) is 16.5. The van der Waals surface area contributed by atoms with Crippen LogP contribution in [0.4, 0.5) is 0 Å². The minimum Gasteiger partial charge on any atom is -0.492 e. The average Bonchev–Trinajstić information content (AvgIpc) is 2.95. The Hall–Kier alpha value is -1.05. The van der Waals surface area contributed by atoms with E-state index in [0.717, 1.165) is 38.5 Å². The highest BCUT2D eigenvalue weighted by atomic mass is 35.5. The Labute approximate surface area is 167 Å². The number of amides is 1. The van der Waals surface area contributed by atoms with Crippen molar-refractivity contribution in [3.8, 4) is 5.75 Å². The van der Waals surface area contributed by atoms with Crippen molar-refractivity contribution in [2.24, 2.45) is 11.7 Å². The fourth-order valence-electron chi connectivity index (χ4n) is 3.51. The number of aliphatic hydroxyl groups is 1. The van der Waals surface area contributed by atoms with Gasteiger partial charge in [0.25, 0.3) is 0 Å². The molecule has 1 aliphatic heterocycles. The molecular formula is C18H29Cl2N3O3. The van der Waals surface area contributed by atoms with Crippen LogP contribution in [0.2, 0.25) is 0 Å². The van der Waals surface area contributed by atoms with Crippen molar-refractivity contribution in [3.63, 3.8) is 0 Å². The lowest BCUT2D eigenvalue weighted by atomic mass is 10.1. The number of piperazine rings is 1. The van der Waals surface area contributed by atoms with Crippen molar-refractivity contribution < 1.29 is 14.6 Å². The molecule has 0 spiro atoms. The monoisotopic (exact) mass is 405 g/mol. The van der Waals surface area contributed by atoms with Crippen LogP contribution in [0.3, 0.4) is 0 Å². The molecule has 0 bridgehead atoms. The van der Waals surface area contributed by atoms with E-state index in [1.807, 2.05) is 35.2 Å². The molecule has 8 heteroatoms. The third-order valence-corrected chi connectivity index (χ3v) is 5.03. The van der Waals surface area contributed by atoms with Crippen LogP contribution in [0.25, 0.3) is 0 Å². The molecular weight excluding hydrogens is 377 g/mol. The Balaban J connectivity index is 0.00000169. The molecule has 6 nitrogen and oxygen atoms in total. The van der Waals surface area contributed by atoms with Crippen LogP contribution in [-0.2, 0) is 4.79 Å². The standard InChI is InChI=1S/C18H27N3O3.2ClH/c19-16-12-14(13-17(16)22)18(23)21-8-6-20(7-9-21)10-11-24-15-4-2-1-3-5-15;;/h1-5,14,16-17,22H,6-13,19H2;2*1H/t14-,16-,17-;;/m0../s1. The average molecular weight is 406 g/mol. The summed E-state index contributed by atoms with van der Waals surface area (Å²) >= 11 is 0. The third-order valence-electron chi connectivity index (χ3n) is 5.03. The maximum absolute atomic E-state index is 12.5. The Morgan fingerprint density at radius 3 is 2.35 bits per heavy atom. The number of para-hydroxylation sites is 1. The first-order valence-electron chi connectivity index (χ1n) is 8.76. The SMILES string of the molecule is Cl.Cl.N[C@H]1C[C@H](C(=O)N2CCN(CCOc3ccccc3)CC2)C[C@@H]1O. The maximum Gasteiger partial charge on any atom is 0.225 e. The third kappa shape index (κ3) is 5.99. The van der Waals surface area contributed by atoms with Crippen LogP contribution in [0.15, 0.2) is 30.3 Å². The van der Waals surface area contributed by atoms with Crippen molar-refractivity contribution in [1.29, 1.82) is 0 Å². The molecule has 148 valence electrons. The van der Waals surface area contributed by atoms with Gasteiger partial charge in [0.2, 0.25) is 5.91 Å². The van der Waals surface area contributed by atoms with Gasteiger partial charge in [0, 0.05) is 44.7 Å². The van der Waals surface area contributed by atoms with Gasteiger partial charge in [-0.05, 0) is 25.0 Å². The number of ether oxygens (including phenoxy) is 1. The highest BCUT2D eigenvalue weighted by Gasteiger charge is 2.37. The number of carbonyl (C=O) groups is 1. The van der Waals surface area contributed by atoms with Gasteiger partial charge in [-0.15, -0.1) is 24.8 Å². The predicted molar refractivity (Wildman–Crippen MR) is 106 cm³/mol. The summed E-state index contributed by atoms with van der Waals surface area (Å²) < 4.78 is 5.72. The summed E-state index contributed by atoms with van der Waals surface area (Å²) in [6.07, 6.45) is 0.575. The van der Waals surface area contributed by atoms with Gasteiger partial charge in [-0.25, -0.2) is 0 Å². The maximum atomic E-state index is 12.5. The van der Waals surface area contributed by atoms with Gasteiger partial charge in [-0.2, -0.15) is 0 Å². The minimum atomic E-state index is -0.532. The quantitative estimate of drug-likeness (QED) is 0.767. The zero-order chi connectivity index (χ0) is 16.9. The fraction of sp³-hybridized carbons (Fsp3) is 0.611. The predicted octanol–water partition coefficient (Wildman–Crippen LogP) is 1.15. The molecule has 3 rings (SSSR count). The van der Waals surface area contributed by atoms with Gasteiger partial charge in [0.15, 0.2) is 0 Å². The molecule has 0 aromatic heterocycles. The van der Waals surface area contributed by atoms with E-state index in [1.54, 1.807) is 0 Å². The molecule has 2 fully saturated rings. The van der Waals surface area contributed by atoms with Crippen molar-refractivity contribution >= 4 is 30.7 Å². The summed E-state index contributed by atoms with van der Waals surface area (Å²) in [6, 6.07) is 9.56. The van der Waals surface area contributed by atoms with Crippen LogP contribution >= 0.6 is 24.8 Å². The first-order valence-corrected chi connectivity index (χ1v) is 8.76. The van der Waals surface area contributed by atoms with Gasteiger partial charge in [0.05, 0.1) is 6.10 Å². The van der Waals surface area contributed by atoms with E-state index in [2.05, 4.69) is 4.90 Å². The Bertz CT molecular complexity index is 532. The summed E-state index contributed by atoms with van der Waals surface area (Å²) in [6.45, 7) is 4.74. The largest absolute Gasteiger partial charge is 0.492 e. The molecule has 1 aromatic carbocycles. The first kappa shape index (κ1) is 23.0. The molecule has 1 aliphatic carbocycles. The van der Waals surface area contributed by atoms with Gasteiger partial charge in [-0.1, -0.05) is 18.2 Å². The second-order valence-electron chi connectivity index (χ2n) is 6.73. The van der Waals surface area contributed by atoms with E-state index in [1.165, 1.54) is 0 Å². The van der Waals surface area contributed by atoms with Crippen LogP contribution in [-0.4, -0.2) is 72.3 Å². The summed E-state index contributed by atoms with van der Waals surface area (Å²) in [7, 11) is 0. The Kier molecular flexibility index (Phi) is 9.68. The molecule has 1 saturated heterocycles. The molecule has 26 heavy (non-hydrogen) atoms. The lowest BCUT2D eigenvalue weighted by Gasteiger charge is -2.35. The first-order chi connectivity index (χ1) is 11.6. The van der Waals surface area contributed by atoms with Crippen LogP contribution < -0.4 is 10.5 Å². The topological polar surface area (TPSA) is 79.0 Å². The number of nitrogens with zero attached hydrogens (tertiary/aromatic N) is 2. The molecule has 1 saturated carbocycles. The second-order valence-corrected chi connectivity index (χ2v) is 6.73. The number of rotatable bonds is 5. The van der Waals surface area contributed by atoms with Gasteiger partial charge in [-0.3, -0.25) is 9.69 Å². The zero-order valence-electron chi connectivity index (χ0n) is 14.8. The second kappa shape index (κ2) is 10.9. The van der Waals surface area contributed by atoms with E-state index >= 15 is 0 Å². The molecule has 1 heterocycles. The van der Waals surface area contributed by atoms with Crippen molar-refractivity contribution in [2.45, 2.75) is 25.0 Å². The molecule has 0 radical (unpaired) electrons. The van der Waals surface area contributed by atoms with E-state index in [0.29, 0.717) is 19.4 Å². The van der Waals surface area contributed by atoms with Crippen molar-refractivity contribution in [2.75, 3.05) is 39.3 Å². The molecule has 2 aliphatic rings. The van der Waals surface area contributed by atoms with E-state index < -0.39 is 6.10 Å². The lowest BCUT2D eigenvalue weighted by Crippen LogP contribution is -2.50. The normalized spacial score (nSPS) is 25.9. The fourth-order valence-corrected chi connectivity index (χ4v) is 3.51. The van der Waals surface area contributed by atoms with Gasteiger partial charge < -0.3 is 20.5 Å². The summed E-state index contributed by atoms with van der Waals surface area (Å²) in [4.78, 5) is 16.8. The summed E-state index contributed by atoms with van der Waals surface area (Å²) in [5.74, 6) is 0.938. The van der Waals surface area contributed by atoms with Gasteiger partial charge >= 0.3 is 0 Å². The minimum absolute atomic E-state index is 0. The highest BCUT2D eigenvalue weighted by molar-refractivity contribution is 5.85. The van der Waals surface area contributed by atoms with Crippen molar-refractivity contribution in [3.05, 3.63) is 30.3 Å². The molecule has 1 amide bonds. The number of nitrogens with two attached hydrogens (primary N) is 1. The molecule has 3 N–H and O–H groups in total. The van der Waals surface area contributed by atoms with Crippen LogP contribution in [0.5, 0.6) is 5.75 Å². The lowest BCUT2D eigenvalue weighted by molar-refractivity contribution is -0.137. The van der Waals surface area contributed by atoms with E-state index in [4.69, 9.17) is 10.5 Å². The smallest absolute Gasteiger partial charge is 0.225 e. The number of carbonyl (C=O) groups excluding carboxylic acids is 1. The van der Waals surface area contributed by atoms with Crippen LogP contribution in [0, 0.1) is 5.92 Å². The van der Waals surface area contributed by atoms with Crippen molar-refractivity contribution in [1.82, 2.24) is 9.80 Å². The molecule has 0 unspecified atom stereocenters. The van der Waals surface area contributed by atoms with Gasteiger partial charge in [0.1, 0.15) is 12.4 Å². The Morgan fingerprint density at radius 1 is 1.12 bits per heavy atom. The molecule has 1 aromatic rings. The Morgan fingerprint density at radius 2 is 1.77 bits per heavy atom. The van der Waals surface area contributed by atoms with E-state index in [-0.39, 0.29) is 42.7 Å². The highest BCUT2D eigenvalue weighted by Crippen LogP contribution is 2.27. The summed E-state index contributed by atoms with van der Waals surface area (Å²) in [5.41, 5.74) is 5.82. The van der Waals surface area contributed by atoms with E-state index in [9.17, 15) is 9.90 Å². The number of aliphatic hydroxyl groups excluding tert-OH is 1. The molecule has 3 atom stereocenters. The summed E-state index contributed by atoms with van der Waals surface area (Å²) in [5, 5.41) is 9.73. The number of halogens is 2. The number of benzene rings is 1. The van der Waals surface area contributed by atoms with Crippen LogP contribution in [0.1, 0.15) is 12.8 Å². The number of hydrogen-bond acceptors (Lipinski definition) is 5.